The zero-order chi connectivity index (χ0) is 10.1. The zero-order valence-electron chi connectivity index (χ0n) is 9.14. The minimum atomic E-state index is 0.150. The van der Waals surface area contributed by atoms with Gasteiger partial charge in [0.25, 0.3) is 0 Å². The van der Waals surface area contributed by atoms with Gasteiger partial charge < -0.3 is 4.74 Å². The standard InChI is InChI=1S/C12H18O/c1-9-6-7-11(13-5)10(8-9)12(2,3)4/h6-8H,1-5H3. The lowest BCUT2D eigenvalue weighted by Gasteiger charge is -2.22. The normalized spacial score (nSPS) is 11.5. The monoisotopic (exact) mass is 178 g/mol. The van der Waals surface area contributed by atoms with Gasteiger partial charge in [-0.1, -0.05) is 38.5 Å². The number of hydrogen-bond donors (Lipinski definition) is 0. The van der Waals surface area contributed by atoms with Gasteiger partial charge in [-0.25, -0.2) is 0 Å². The number of methoxy groups -OCH3 is 1. The summed E-state index contributed by atoms with van der Waals surface area (Å²) in [5.74, 6) is 0.984. The minimum absolute atomic E-state index is 0.150. The Kier molecular flexibility index (Phi) is 2.65. The molecule has 0 saturated heterocycles. The minimum Gasteiger partial charge on any atom is -0.496 e. The van der Waals surface area contributed by atoms with Gasteiger partial charge in [-0.15, -0.1) is 0 Å². The maximum atomic E-state index is 5.33. The van der Waals surface area contributed by atoms with Crippen LogP contribution in [0.25, 0.3) is 0 Å². The van der Waals surface area contributed by atoms with Crippen molar-refractivity contribution in [1.29, 1.82) is 0 Å². The van der Waals surface area contributed by atoms with E-state index in [0.29, 0.717) is 0 Å². The summed E-state index contributed by atoms with van der Waals surface area (Å²) in [4.78, 5) is 0. The molecular weight excluding hydrogens is 160 g/mol. The number of rotatable bonds is 1. The highest BCUT2D eigenvalue weighted by atomic mass is 16.5. The first-order valence-corrected chi connectivity index (χ1v) is 4.60. The molecule has 0 saturated carbocycles. The molecule has 1 rings (SSSR count). The molecule has 0 aliphatic rings. The summed E-state index contributed by atoms with van der Waals surface area (Å²) in [6.07, 6.45) is 0. The van der Waals surface area contributed by atoms with Crippen LogP contribution in [0.3, 0.4) is 0 Å². The molecule has 0 aliphatic carbocycles. The number of benzene rings is 1. The third kappa shape index (κ3) is 2.24. The Labute approximate surface area is 80.7 Å². The van der Waals surface area contributed by atoms with Crippen molar-refractivity contribution in [2.24, 2.45) is 0 Å². The predicted molar refractivity (Wildman–Crippen MR) is 56.4 cm³/mol. The molecule has 72 valence electrons. The highest BCUT2D eigenvalue weighted by molar-refractivity contribution is 5.41. The van der Waals surface area contributed by atoms with Crippen LogP contribution >= 0.6 is 0 Å². The van der Waals surface area contributed by atoms with Gasteiger partial charge >= 0.3 is 0 Å². The lowest BCUT2D eigenvalue weighted by atomic mass is 9.85. The third-order valence-corrected chi connectivity index (χ3v) is 2.16. The fourth-order valence-electron chi connectivity index (χ4n) is 1.41. The van der Waals surface area contributed by atoms with Crippen LogP contribution in [0.15, 0.2) is 18.2 Å². The lowest BCUT2D eigenvalue weighted by molar-refractivity contribution is 0.397. The average molecular weight is 178 g/mol. The Hall–Kier alpha value is -0.980. The molecule has 1 heteroatoms. The van der Waals surface area contributed by atoms with Crippen LogP contribution in [0.4, 0.5) is 0 Å². The molecule has 0 bridgehead atoms. The van der Waals surface area contributed by atoms with Gasteiger partial charge in [-0.2, -0.15) is 0 Å². The maximum Gasteiger partial charge on any atom is 0.122 e. The van der Waals surface area contributed by atoms with Gasteiger partial charge in [0.15, 0.2) is 0 Å². The molecule has 0 fully saturated rings. The van der Waals surface area contributed by atoms with Gasteiger partial charge in [-0.3, -0.25) is 0 Å². The SMILES string of the molecule is COc1ccc(C)cc1C(C)(C)C. The highest BCUT2D eigenvalue weighted by Crippen LogP contribution is 2.31. The van der Waals surface area contributed by atoms with Crippen molar-refractivity contribution in [3.8, 4) is 5.75 Å². The molecule has 0 amide bonds. The summed E-state index contributed by atoms with van der Waals surface area (Å²) in [5, 5.41) is 0. The molecule has 1 aromatic carbocycles. The summed E-state index contributed by atoms with van der Waals surface area (Å²) in [6.45, 7) is 8.70. The van der Waals surface area contributed by atoms with Gasteiger partial charge in [-0.05, 0) is 24.0 Å². The summed E-state index contributed by atoms with van der Waals surface area (Å²) in [7, 11) is 1.72. The van der Waals surface area contributed by atoms with Crippen molar-refractivity contribution in [1.82, 2.24) is 0 Å². The molecule has 0 N–H and O–H groups in total. The topological polar surface area (TPSA) is 9.23 Å². The molecule has 0 aromatic heterocycles. The van der Waals surface area contributed by atoms with Crippen LogP contribution < -0.4 is 4.74 Å². The summed E-state index contributed by atoms with van der Waals surface area (Å²) in [6, 6.07) is 6.31. The van der Waals surface area contributed by atoms with E-state index in [2.05, 4.69) is 39.8 Å². The Morgan fingerprint density at radius 3 is 2.23 bits per heavy atom. The molecule has 0 heterocycles. The molecular formula is C12H18O. The van der Waals surface area contributed by atoms with E-state index < -0.39 is 0 Å². The quantitative estimate of drug-likeness (QED) is 0.641. The van der Waals surface area contributed by atoms with Gasteiger partial charge in [0.2, 0.25) is 0 Å². The van der Waals surface area contributed by atoms with Crippen molar-refractivity contribution >= 4 is 0 Å². The second-order valence-electron chi connectivity index (χ2n) is 4.45. The summed E-state index contributed by atoms with van der Waals surface area (Å²) < 4.78 is 5.33. The van der Waals surface area contributed by atoms with Crippen molar-refractivity contribution in [2.75, 3.05) is 7.11 Å². The molecule has 0 aliphatic heterocycles. The molecule has 0 spiro atoms. The first-order valence-electron chi connectivity index (χ1n) is 4.60. The van der Waals surface area contributed by atoms with Crippen molar-refractivity contribution in [3.63, 3.8) is 0 Å². The van der Waals surface area contributed by atoms with Crippen LogP contribution in [-0.2, 0) is 5.41 Å². The molecule has 0 atom stereocenters. The molecule has 0 radical (unpaired) electrons. The Bertz CT molecular complexity index is 294. The van der Waals surface area contributed by atoms with E-state index in [1.54, 1.807) is 7.11 Å². The zero-order valence-corrected chi connectivity index (χ0v) is 9.14. The summed E-state index contributed by atoms with van der Waals surface area (Å²) >= 11 is 0. The van der Waals surface area contributed by atoms with Crippen molar-refractivity contribution in [2.45, 2.75) is 33.1 Å². The van der Waals surface area contributed by atoms with Crippen molar-refractivity contribution in [3.05, 3.63) is 29.3 Å². The fraction of sp³-hybridized carbons (Fsp3) is 0.500. The van der Waals surface area contributed by atoms with E-state index in [1.165, 1.54) is 11.1 Å². The largest absolute Gasteiger partial charge is 0.496 e. The average Bonchev–Trinajstić information content (AvgIpc) is 2.03. The Balaban J connectivity index is 3.24. The smallest absolute Gasteiger partial charge is 0.122 e. The lowest BCUT2D eigenvalue weighted by Crippen LogP contribution is -2.12. The first-order chi connectivity index (χ1) is 5.95. The van der Waals surface area contributed by atoms with Gasteiger partial charge in [0.05, 0.1) is 7.11 Å². The van der Waals surface area contributed by atoms with E-state index in [-0.39, 0.29) is 5.41 Å². The van der Waals surface area contributed by atoms with E-state index in [0.717, 1.165) is 5.75 Å². The second kappa shape index (κ2) is 3.41. The Morgan fingerprint density at radius 2 is 1.77 bits per heavy atom. The second-order valence-corrected chi connectivity index (χ2v) is 4.45. The van der Waals surface area contributed by atoms with Gasteiger partial charge in [0, 0.05) is 0 Å². The molecule has 1 aromatic rings. The van der Waals surface area contributed by atoms with Gasteiger partial charge in [0.1, 0.15) is 5.75 Å². The summed E-state index contributed by atoms with van der Waals surface area (Å²) in [5.41, 5.74) is 2.71. The van der Waals surface area contributed by atoms with E-state index in [9.17, 15) is 0 Å². The number of ether oxygens (including phenoxy) is 1. The fourth-order valence-corrected chi connectivity index (χ4v) is 1.41. The van der Waals surface area contributed by atoms with Crippen molar-refractivity contribution < 1.29 is 4.74 Å². The van der Waals surface area contributed by atoms with Crippen LogP contribution in [0.1, 0.15) is 31.9 Å². The van der Waals surface area contributed by atoms with Crippen LogP contribution in [0.5, 0.6) is 5.75 Å². The van der Waals surface area contributed by atoms with Crippen LogP contribution in [0.2, 0.25) is 0 Å². The number of aryl methyl sites for hydroxylation is 1. The predicted octanol–water partition coefficient (Wildman–Crippen LogP) is 3.30. The highest BCUT2D eigenvalue weighted by Gasteiger charge is 2.18. The molecule has 13 heavy (non-hydrogen) atoms. The number of hydrogen-bond acceptors (Lipinski definition) is 1. The van der Waals surface area contributed by atoms with E-state index in [1.807, 2.05) is 6.07 Å². The van der Waals surface area contributed by atoms with Crippen LogP contribution in [-0.4, -0.2) is 7.11 Å². The maximum absolute atomic E-state index is 5.33. The van der Waals surface area contributed by atoms with Crippen LogP contribution in [0, 0.1) is 6.92 Å². The molecule has 1 nitrogen and oxygen atoms in total. The van der Waals surface area contributed by atoms with E-state index in [4.69, 9.17) is 4.74 Å². The molecule has 0 unspecified atom stereocenters. The first kappa shape index (κ1) is 10.1. The third-order valence-electron chi connectivity index (χ3n) is 2.16. The van der Waals surface area contributed by atoms with E-state index >= 15 is 0 Å². The Morgan fingerprint density at radius 1 is 1.15 bits per heavy atom.